The SMILES string of the molecule is COc1cc(CN2CCN(c3ccccc3[N+](=O)[O-])CC2)ccc1OC(=O)N(C)C. The summed E-state index contributed by atoms with van der Waals surface area (Å²) in [6.07, 6.45) is -0.466. The highest BCUT2D eigenvalue weighted by molar-refractivity contribution is 5.71. The van der Waals surface area contributed by atoms with Gasteiger partial charge in [-0.05, 0) is 23.8 Å². The van der Waals surface area contributed by atoms with E-state index in [9.17, 15) is 14.9 Å². The van der Waals surface area contributed by atoms with E-state index < -0.39 is 6.09 Å². The van der Waals surface area contributed by atoms with Crippen molar-refractivity contribution < 1.29 is 19.2 Å². The molecule has 1 heterocycles. The Kier molecular flexibility index (Phi) is 6.73. The normalized spacial score (nSPS) is 14.3. The fraction of sp³-hybridized carbons (Fsp3) is 0.381. The summed E-state index contributed by atoms with van der Waals surface area (Å²) in [5.74, 6) is 0.877. The molecule has 1 saturated heterocycles. The van der Waals surface area contributed by atoms with E-state index in [1.165, 1.54) is 12.0 Å². The Hall–Kier alpha value is -3.33. The quantitative estimate of drug-likeness (QED) is 0.530. The molecule has 9 nitrogen and oxygen atoms in total. The molecule has 1 fully saturated rings. The average molecular weight is 414 g/mol. The van der Waals surface area contributed by atoms with Crippen molar-refractivity contribution in [3.8, 4) is 11.5 Å². The predicted octanol–water partition coefficient (Wildman–Crippen LogP) is 2.99. The first-order chi connectivity index (χ1) is 14.4. The summed E-state index contributed by atoms with van der Waals surface area (Å²) in [5, 5.41) is 11.3. The van der Waals surface area contributed by atoms with Crippen LogP contribution in [0.15, 0.2) is 42.5 Å². The summed E-state index contributed by atoms with van der Waals surface area (Å²) in [6.45, 7) is 3.70. The monoisotopic (exact) mass is 414 g/mol. The highest BCUT2D eigenvalue weighted by atomic mass is 16.6. The van der Waals surface area contributed by atoms with Crippen LogP contribution in [0.25, 0.3) is 0 Å². The number of para-hydroxylation sites is 2. The lowest BCUT2D eigenvalue weighted by Gasteiger charge is -2.35. The molecule has 0 atom stereocenters. The van der Waals surface area contributed by atoms with Gasteiger partial charge in [0, 0.05) is 52.9 Å². The van der Waals surface area contributed by atoms with E-state index in [4.69, 9.17) is 9.47 Å². The summed E-state index contributed by atoms with van der Waals surface area (Å²) < 4.78 is 10.7. The Morgan fingerprint density at radius 1 is 1.10 bits per heavy atom. The number of anilines is 1. The first-order valence-electron chi connectivity index (χ1n) is 9.66. The molecular weight excluding hydrogens is 388 g/mol. The number of hydrogen-bond acceptors (Lipinski definition) is 7. The highest BCUT2D eigenvalue weighted by Crippen LogP contribution is 2.30. The molecule has 3 rings (SSSR count). The van der Waals surface area contributed by atoms with Crippen LogP contribution in [0.2, 0.25) is 0 Å². The van der Waals surface area contributed by atoms with Gasteiger partial charge in [0.05, 0.1) is 12.0 Å². The summed E-state index contributed by atoms with van der Waals surface area (Å²) in [4.78, 5) is 28.4. The zero-order chi connectivity index (χ0) is 21.7. The van der Waals surface area contributed by atoms with E-state index in [1.54, 1.807) is 38.4 Å². The Morgan fingerprint density at radius 2 is 1.80 bits per heavy atom. The van der Waals surface area contributed by atoms with Gasteiger partial charge in [0.15, 0.2) is 11.5 Å². The Bertz CT molecular complexity index is 910. The van der Waals surface area contributed by atoms with Gasteiger partial charge in [0.25, 0.3) is 5.69 Å². The molecule has 0 aromatic heterocycles. The Morgan fingerprint density at radius 3 is 2.43 bits per heavy atom. The molecule has 1 aliphatic heterocycles. The molecule has 0 spiro atoms. The number of nitro benzene ring substituents is 1. The van der Waals surface area contributed by atoms with E-state index in [1.807, 2.05) is 18.2 Å². The lowest BCUT2D eigenvalue weighted by atomic mass is 10.1. The minimum atomic E-state index is -0.466. The minimum absolute atomic E-state index is 0.138. The number of nitrogens with zero attached hydrogens (tertiary/aromatic N) is 4. The number of nitro groups is 1. The molecule has 0 saturated carbocycles. The number of carbonyl (C=O) groups is 1. The molecule has 2 aromatic rings. The standard InChI is InChI=1S/C21H26N4O5/c1-22(2)21(26)30-19-9-8-16(14-20(19)29-3)15-23-10-12-24(13-11-23)17-6-4-5-7-18(17)25(27)28/h4-9,14H,10-13,15H2,1-3H3. The van der Waals surface area contributed by atoms with Crippen molar-refractivity contribution >= 4 is 17.5 Å². The highest BCUT2D eigenvalue weighted by Gasteiger charge is 2.23. The minimum Gasteiger partial charge on any atom is -0.493 e. The van der Waals surface area contributed by atoms with Crippen molar-refractivity contribution in [1.82, 2.24) is 9.80 Å². The number of rotatable bonds is 6. The number of benzene rings is 2. The van der Waals surface area contributed by atoms with Gasteiger partial charge in [-0.1, -0.05) is 18.2 Å². The van der Waals surface area contributed by atoms with E-state index in [0.29, 0.717) is 36.8 Å². The number of ether oxygens (including phenoxy) is 2. The summed E-state index contributed by atoms with van der Waals surface area (Å²) in [6, 6.07) is 12.4. The van der Waals surface area contributed by atoms with Gasteiger partial charge in [-0.2, -0.15) is 0 Å². The van der Waals surface area contributed by atoms with Crippen LogP contribution in [-0.4, -0.2) is 68.2 Å². The van der Waals surface area contributed by atoms with E-state index in [0.717, 1.165) is 18.7 Å². The third kappa shape index (κ3) is 4.98. The first kappa shape index (κ1) is 21.4. The van der Waals surface area contributed by atoms with Gasteiger partial charge < -0.3 is 19.3 Å². The average Bonchev–Trinajstić information content (AvgIpc) is 2.75. The van der Waals surface area contributed by atoms with Crippen LogP contribution >= 0.6 is 0 Å². The van der Waals surface area contributed by atoms with Crippen molar-refractivity contribution in [3.63, 3.8) is 0 Å². The van der Waals surface area contributed by atoms with Crippen molar-refractivity contribution in [3.05, 3.63) is 58.1 Å². The number of hydrogen-bond donors (Lipinski definition) is 0. The third-order valence-electron chi connectivity index (χ3n) is 4.99. The smallest absolute Gasteiger partial charge is 0.414 e. The molecule has 1 aliphatic rings. The van der Waals surface area contributed by atoms with Gasteiger partial charge in [-0.15, -0.1) is 0 Å². The lowest BCUT2D eigenvalue weighted by Crippen LogP contribution is -2.46. The molecule has 2 aromatic carbocycles. The number of methoxy groups -OCH3 is 1. The summed E-state index contributed by atoms with van der Waals surface area (Å²) >= 11 is 0. The largest absolute Gasteiger partial charge is 0.493 e. The van der Waals surface area contributed by atoms with Crippen LogP contribution < -0.4 is 14.4 Å². The number of carbonyl (C=O) groups excluding carboxylic acids is 1. The van der Waals surface area contributed by atoms with E-state index in [-0.39, 0.29) is 10.6 Å². The van der Waals surface area contributed by atoms with Gasteiger partial charge >= 0.3 is 6.09 Å². The fourth-order valence-corrected chi connectivity index (χ4v) is 3.37. The van der Waals surface area contributed by atoms with Crippen LogP contribution in [0.3, 0.4) is 0 Å². The zero-order valence-corrected chi connectivity index (χ0v) is 17.4. The van der Waals surface area contributed by atoms with Gasteiger partial charge in [0.1, 0.15) is 5.69 Å². The molecule has 1 amide bonds. The second-order valence-corrected chi connectivity index (χ2v) is 7.26. The maximum atomic E-state index is 11.8. The molecule has 0 radical (unpaired) electrons. The van der Waals surface area contributed by atoms with Gasteiger partial charge in [-0.3, -0.25) is 15.0 Å². The molecule has 0 bridgehead atoms. The molecule has 0 unspecified atom stereocenters. The fourth-order valence-electron chi connectivity index (χ4n) is 3.37. The summed E-state index contributed by atoms with van der Waals surface area (Å²) in [5.41, 5.74) is 1.84. The zero-order valence-electron chi connectivity index (χ0n) is 17.4. The lowest BCUT2D eigenvalue weighted by molar-refractivity contribution is -0.384. The molecule has 0 aliphatic carbocycles. The van der Waals surface area contributed by atoms with Crippen LogP contribution in [0.4, 0.5) is 16.2 Å². The van der Waals surface area contributed by atoms with Crippen LogP contribution in [-0.2, 0) is 6.54 Å². The van der Waals surface area contributed by atoms with Crippen LogP contribution in [0, 0.1) is 10.1 Å². The van der Waals surface area contributed by atoms with Gasteiger partial charge in [-0.25, -0.2) is 4.79 Å². The third-order valence-corrected chi connectivity index (χ3v) is 4.99. The topological polar surface area (TPSA) is 88.4 Å². The number of piperazine rings is 1. The second-order valence-electron chi connectivity index (χ2n) is 7.26. The number of amides is 1. The van der Waals surface area contributed by atoms with Crippen molar-refractivity contribution in [2.75, 3.05) is 52.3 Å². The predicted molar refractivity (Wildman–Crippen MR) is 113 cm³/mol. The molecule has 0 N–H and O–H groups in total. The first-order valence-corrected chi connectivity index (χ1v) is 9.66. The molecule has 160 valence electrons. The molecular formula is C21H26N4O5. The van der Waals surface area contributed by atoms with Crippen molar-refractivity contribution in [1.29, 1.82) is 0 Å². The van der Waals surface area contributed by atoms with Crippen molar-refractivity contribution in [2.24, 2.45) is 0 Å². The maximum Gasteiger partial charge on any atom is 0.414 e. The van der Waals surface area contributed by atoms with Crippen LogP contribution in [0.1, 0.15) is 5.56 Å². The molecule has 9 heteroatoms. The Balaban J connectivity index is 1.62. The van der Waals surface area contributed by atoms with E-state index in [2.05, 4.69) is 9.80 Å². The maximum absolute atomic E-state index is 11.8. The summed E-state index contributed by atoms with van der Waals surface area (Å²) in [7, 11) is 4.78. The van der Waals surface area contributed by atoms with Crippen molar-refractivity contribution in [2.45, 2.75) is 6.54 Å². The second kappa shape index (κ2) is 9.45. The van der Waals surface area contributed by atoms with Gasteiger partial charge in [0.2, 0.25) is 0 Å². The Labute approximate surface area is 175 Å². The molecule has 30 heavy (non-hydrogen) atoms. The van der Waals surface area contributed by atoms with E-state index >= 15 is 0 Å². The van der Waals surface area contributed by atoms with Crippen LogP contribution in [0.5, 0.6) is 11.5 Å².